The fraction of sp³-hybridized carbons (Fsp3) is 0.360. The van der Waals surface area contributed by atoms with E-state index in [0.717, 1.165) is 45.1 Å². The van der Waals surface area contributed by atoms with Crippen molar-refractivity contribution in [3.8, 4) is 11.5 Å². The summed E-state index contributed by atoms with van der Waals surface area (Å²) >= 11 is 5.95. The zero-order chi connectivity index (χ0) is 22.1. The fourth-order valence-corrected chi connectivity index (χ4v) is 3.27. The molecule has 0 spiro atoms. The number of benzene rings is 2. The van der Waals surface area contributed by atoms with Crippen molar-refractivity contribution in [3.05, 3.63) is 58.7 Å². The van der Waals surface area contributed by atoms with Crippen LogP contribution in [0.5, 0.6) is 11.5 Å². The quantitative estimate of drug-likeness (QED) is 0.391. The SMILES string of the molecule is CC=Nc1cnc2ccc(Cl)cc2c1C.CCC(C)Cc1ccc(OC)cc1OC. The zero-order valence-electron chi connectivity index (χ0n) is 18.7. The van der Waals surface area contributed by atoms with Gasteiger partial charge < -0.3 is 9.47 Å². The van der Waals surface area contributed by atoms with Crippen LogP contribution in [0, 0.1) is 12.8 Å². The summed E-state index contributed by atoms with van der Waals surface area (Å²) < 4.78 is 10.5. The third kappa shape index (κ3) is 6.20. The summed E-state index contributed by atoms with van der Waals surface area (Å²) in [6, 6.07) is 11.7. The van der Waals surface area contributed by atoms with E-state index in [1.54, 1.807) is 26.6 Å². The second-order valence-electron chi connectivity index (χ2n) is 7.21. The summed E-state index contributed by atoms with van der Waals surface area (Å²) in [4.78, 5) is 8.58. The smallest absolute Gasteiger partial charge is 0.125 e. The molecule has 1 unspecified atom stereocenters. The van der Waals surface area contributed by atoms with Gasteiger partial charge in [-0.25, -0.2) is 0 Å². The molecule has 0 aliphatic heterocycles. The Morgan fingerprint density at radius 2 is 1.90 bits per heavy atom. The van der Waals surface area contributed by atoms with Gasteiger partial charge in [0.15, 0.2) is 0 Å². The molecule has 4 nitrogen and oxygen atoms in total. The minimum atomic E-state index is 0.687. The molecule has 5 heteroatoms. The first-order chi connectivity index (χ1) is 14.4. The van der Waals surface area contributed by atoms with Gasteiger partial charge in [0.25, 0.3) is 0 Å². The van der Waals surface area contributed by atoms with Crippen molar-refractivity contribution in [3.63, 3.8) is 0 Å². The molecular formula is C25H31ClN2O2. The lowest BCUT2D eigenvalue weighted by molar-refractivity contribution is 0.388. The summed E-state index contributed by atoms with van der Waals surface area (Å²) in [5.41, 5.74) is 4.22. The largest absolute Gasteiger partial charge is 0.497 e. The molecule has 0 aliphatic rings. The highest BCUT2D eigenvalue weighted by Crippen LogP contribution is 2.28. The number of nitrogens with zero attached hydrogens (tertiary/aromatic N) is 2. The molecule has 0 radical (unpaired) electrons. The normalized spacial score (nSPS) is 11.8. The van der Waals surface area contributed by atoms with Crippen LogP contribution in [0.15, 0.2) is 47.6 Å². The number of hydrogen-bond acceptors (Lipinski definition) is 4. The van der Waals surface area contributed by atoms with E-state index in [9.17, 15) is 0 Å². The maximum Gasteiger partial charge on any atom is 0.125 e. The predicted molar refractivity (Wildman–Crippen MR) is 128 cm³/mol. The Balaban J connectivity index is 0.000000214. The van der Waals surface area contributed by atoms with Crippen LogP contribution < -0.4 is 9.47 Å². The van der Waals surface area contributed by atoms with E-state index in [2.05, 4.69) is 29.9 Å². The first-order valence-electron chi connectivity index (χ1n) is 10.2. The van der Waals surface area contributed by atoms with Crippen LogP contribution in [-0.2, 0) is 6.42 Å². The van der Waals surface area contributed by atoms with Crippen molar-refractivity contribution in [2.75, 3.05) is 14.2 Å². The van der Waals surface area contributed by atoms with Crippen LogP contribution in [0.3, 0.4) is 0 Å². The van der Waals surface area contributed by atoms with Gasteiger partial charge in [-0.05, 0) is 61.6 Å². The molecular weight excluding hydrogens is 396 g/mol. The van der Waals surface area contributed by atoms with Crippen LogP contribution in [0.1, 0.15) is 38.3 Å². The topological polar surface area (TPSA) is 43.7 Å². The first-order valence-corrected chi connectivity index (χ1v) is 10.6. The Bertz CT molecular complexity index is 1000. The molecule has 160 valence electrons. The molecule has 0 fully saturated rings. The van der Waals surface area contributed by atoms with E-state index in [-0.39, 0.29) is 0 Å². The Kier molecular flexibility index (Phi) is 9.13. The van der Waals surface area contributed by atoms with Gasteiger partial charge in [0.1, 0.15) is 11.5 Å². The number of hydrogen-bond donors (Lipinski definition) is 0. The highest BCUT2D eigenvalue weighted by Gasteiger charge is 2.08. The summed E-state index contributed by atoms with van der Waals surface area (Å²) in [5, 5.41) is 1.79. The lowest BCUT2D eigenvalue weighted by atomic mass is 9.98. The van der Waals surface area contributed by atoms with Crippen LogP contribution in [-0.4, -0.2) is 25.4 Å². The maximum absolute atomic E-state index is 5.95. The highest BCUT2D eigenvalue weighted by molar-refractivity contribution is 6.31. The molecule has 3 rings (SSSR count). The number of aryl methyl sites for hydroxylation is 1. The zero-order valence-corrected chi connectivity index (χ0v) is 19.5. The van der Waals surface area contributed by atoms with Crippen LogP contribution in [0.25, 0.3) is 10.9 Å². The highest BCUT2D eigenvalue weighted by atomic mass is 35.5. The average Bonchev–Trinajstić information content (AvgIpc) is 2.76. The molecule has 0 N–H and O–H groups in total. The summed E-state index contributed by atoms with van der Waals surface area (Å²) in [6.07, 6.45) is 5.80. The number of halogens is 1. The van der Waals surface area contributed by atoms with Gasteiger partial charge in [0.2, 0.25) is 0 Å². The number of rotatable bonds is 6. The molecule has 0 bridgehead atoms. The van der Waals surface area contributed by atoms with Gasteiger partial charge in [-0.15, -0.1) is 0 Å². The number of methoxy groups -OCH3 is 2. The van der Waals surface area contributed by atoms with Crippen molar-refractivity contribution in [1.29, 1.82) is 0 Å². The molecule has 1 aromatic heterocycles. The van der Waals surface area contributed by atoms with Gasteiger partial charge >= 0.3 is 0 Å². The monoisotopic (exact) mass is 426 g/mol. The molecule has 30 heavy (non-hydrogen) atoms. The number of pyridine rings is 1. The van der Waals surface area contributed by atoms with E-state index < -0.39 is 0 Å². The van der Waals surface area contributed by atoms with Crippen molar-refractivity contribution in [2.24, 2.45) is 10.9 Å². The van der Waals surface area contributed by atoms with E-state index in [1.807, 2.05) is 44.2 Å². The van der Waals surface area contributed by atoms with Gasteiger partial charge in [-0.3, -0.25) is 9.98 Å². The molecule has 0 aliphatic carbocycles. The van der Waals surface area contributed by atoms with Crippen LogP contribution in [0.2, 0.25) is 5.02 Å². The molecule has 1 heterocycles. The molecule has 0 amide bonds. The average molecular weight is 427 g/mol. The second-order valence-corrected chi connectivity index (χ2v) is 7.65. The first kappa shape index (κ1) is 23.7. The minimum Gasteiger partial charge on any atom is -0.497 e. The predicted octanol–water partition coefficient (Wildman–Crippen LogP) is 7.21. The van der Waals surface area contributed by atoms with Crippen molar-refractivity contribution >= 4 is 34.4 Å². The number of aromatic nitrogens is 1. The molecule has 0 saturated carbocycles. The Labute approximate surface area is 184 Å². The lowest BCUT2D eigenvalue weighted by Gasteiger charge is -2.13. The lowest BCUT2D eigenvalue weighted by Crippen LogP contribution is -2.00. The van der Waals surface area contributed by atoms with Gasteiger partial charge in [0, 0.05) is 22.7 Å². The maximum atomic E-state index is 5.95. The van der Waals surface area contributed by atoms with Crippen molar-refractivity contribution in [1.82, 2.24) is 4.98 Å². The van der Waals surface area contributed by atoms with Crippen molar-refractivity contribution < 1.29 is 9.47 Å². The molecule has 3 aromatic rings. The van der Waals surface area contributed by atoms with Crippen LogP contribution in [0.4, 0.5) is 5.69 Å². The fourth-order valence-electron chi connectivity index (χ4n) is 3.10. The summed E-state index contributed by atoms with van der Waals surface area (Å²) in [7, 11) is 3.37. The number of aliphatic imine (C=N–C) groups is 1. The standard InChI is InChI=1S/C13H20O2.C12H11ClN2/c1-5-10(2)8-11-6-7-12(14-3)9-13(11)15-4;1-3-14-12-7-15-11-5-4-9(13)6-10(11)8(12)2/h6-7,9-10H,5,8H2,1-4H3;3-7H,1-2H3. The van der Waals surface area contributed by atoms with Crippen LogP contribution >= 0.6 is 11.6 Å². The third-order valence-electron chi connectivity index (χ3n) is 5.10. The van der Waals surface area contributed by atoms with Gasteiger partial charge in [-0.1, -0.05) is 37.9 Å². The molecule has 2 aromatic carbocycles. The van der Waals surface area contributed by atoms with Gasteiger partial charge in [0.05, 0.1) is 31.6 Å². The van der Waals surface area contributed by atoms with Crippen molar-refractivity contribution in [2.45, 2.75) is 40.5 Å². The van der Waals surface area contributed by atoms with Gasteiger partial charge in [-0.2, -0.15) is 0 Å². The van der Waals surface area contributed by atoms with E-state index in [4.69, 9.17) is 21.1 Å². The Hall–Kier alpha value is -2.59. The Morgan fingerprint density at radius 1 is 1.13 bits per heavy atom. The van der Waals surface area contributed by atoms with E-state index in [0.29, 0.717) is 5.92 Å². The molecule has 0 saturated heterocycles. The van der Waals surface area contributed by atoms with E-state index in [1.165, 1.54) is 12.0 Å². The summed E-state index contributed by atoms with van der Waals surface area (Å²) in [5.74, 6) is 2.46. The number of fused-ring (bicyclic) bond motifs is 1. The second kappa shape index (κ2) is 11.6. The summed E-state index contributed by atoms with van der Waals surface area (Å²) in [6.45, 7) is 8.38. The minimum absolute atomic E-state index is 0.687. The van der Waals surface area contributed by atoms with E-state index >= 15 is 0 Å². The Morgan fingerprint density at radius 3 is 2.53 bits per heavy atom. The molecule has 1 atom stereocenters. The third-order valence-corrected chi connectivity index (χ3v) is 5.34. The number of ether oxygens (including phenoxy) is 2.